The zero-order valence-electron chi connectivity index (χ0n) is 27.5. The molecule has 1 saturated heterocycles. The number of hydrogen-bond acceptors (Lipinski definition) is 6. The van der Waals surface area contributed by atoms with Gasteiger partial charge in [0.2, 0.25) is 0 Å². The summed E-state index contributed by atoms with van der Waals surface area (Å²) in [5.41, 5.74) is -5.30. The topological polar surface area (TPSA) is 74.3 Å². The van der Waals surface area contributed by atoms with Crippen LogP contribution >= 0.6 is 0 Å². The molecule has 1 fully saturated rings. The van der Waals surface area contributed by atoms with Crippen molar-refractivity contribution in [1.82, 2.24) is 4.90 Å². The molecule has 2 atom stereocenters. The standard InChI is InChI=1S/C35H29F10NO6/c1-4-50-30(47)6-5-11-51-29-15-21(28(49-3)17-27(29)36)8-7-20-9-10-24(33(37,38)39)14-23(20)18-46-19(2)31(52-32(46)48)22-12-25(34(40,41)42)16-26(13-22)35(43,44)45/h9-10,12-17,19,31H,4-6,11,18H2,1-3H3/t19-,31?/m0/s1. The first-order chi connectivity index (χ1) is 24.2. The van der Waals surface area contributed by atoms with Crippen molar-refractivity contribution in [3.63, 3.8) is 0 Å². The van der Waals surface area contributed by atoms with E-state index in [1.165, 1.54) is 20.1 Å². The lowest BCUT2D eigenvalue weighted by Crippen LogP contribution is -2.32. The van der Waals surface area contributed by atoms with Gasteiger partial charge >= 0.3 is 30.6 Å². The van der Waals surface area contributed by atoms with Gasteiger partial charge in [0.1, 0.15) is 11.9 Å². The third-order valence-electron chi connectivity index (χ3n) is 7.78. The zero-order chi connectivity index (χ0) is 38.6. The number of hydrogen-bond donors (Lipinski definition) is 0. The number of carbonyl (C=O) groups excluding carboxylic acids is 2. The molecule has 1 aliphatic heterocycles. The maximum atomic E-state index is 14.7. The number of rotatable bonds is 10. The lowest BCUT2D eigenvalue weighted by Gasteiger charge is -2.23. The average Bonchev–Trinajstić information content (AvgIpc) is 3.34. The molecule has 1 unspecified atom stereocenters. The van der Waals surface area contributed by atoms with Crippen molar-refractivity contribution >= 4 is 12.1 Å². The number of methoxy groups -OCH3 is 1. The molecule has 7 nitrogen and oxygen atoms in total. The first-order valence-electron chi connectivity index (χ1n) is 15.4. The Morgan fingerprint density at radius 3 is 2.04 bits per heavy atom. The molecule has 0 aromatic heterocycles. The van der Waals surface area contributed by atoms with Crippen LogP contribution in [0.15, 0.2) is 48.5 Å². The van der Waals surface area contributed by atoms with E-state index < -0.39 is 77.4 Å². The van der Waals surface area contributed by atoms with Crippen LogP contribution in [0.1, 0.15) is 71.7 Å². The van der Waals surface area contributed by atoms with Gasteiger partial charge in [-0.1, -0.05) is 11.8 Å². The Labute approximate surface area is 290 Å². The van der Waals surface area contributed by atoms with Crippen LogP contribution in [-0.2, 0) is 39.3 Å². The second kappa shape index (κ2) is 15.6. The first kappa shape index (κ1) is 39.6. The van der Waals surface area contributed by atoms with Crippen LogP contribution in [0.25, 0.3) is 0 Å². The van der Waals surface area contributed by atoms with Crippen LogP contribution in [0, 0.1) is 17.7 Å². The number of nitrogens with zero attached hydrogens (tertiary/aromatic N) is 1. The fourth-order valence-electron chi connectivity index (χ4n) is 5.19. The van der Waals surface area contributed by atoms with Gasteiger partial charge in [0.25, 0.3) is 0 Å². The van der Waals surface area contributed by atoms with E-state index in [0.29, 0.717) is 24.3 Å². The van der Waals surface area contributed by atoms with E-state index in [9.17, 15) is 53.5 Å². The van der Waals surface area contributed by atoms with Crippen molar-refractivity contribution in [2.75, 3.05) is 20.3 Å². The van der Waals surface area contributed by atoms with Crippen LogP contribution < -0.4 is 9.47 Å². The SMILES string of the molecule is CCOC(=O)CCCOc1cc(C#Cc2ccc(C(F)(F)F)cc2CN2C(=O)OC(c3cc(C(F)(F)F)cc(C(F)(F)F)c3)[C@@H]2C)c(OC)cc1F. The van der Waals surface area contributed by atoms with Crippen molar-refractivity contribution in [3.8, 4) is 23.3 Å². The number of carbonyl (C=O) groups is 2. The van der Waals surface area contributed by atoms with Crippen molar-refractivity contribution in [2.24, 2.45) is 0 Å². The average molecular weight is 750 g/mol. The molecule has 4 rings (SSSR count). The number of alkyl halides is 9. The van der Waals surface area contributed by atoms with Crippen LogP contribution in [0.2, 0.25) is 0 Å². The molecule has 1 heterocycles. The Bertz CT molecular complexity index is 1830. The molecule has 1 aliphatic rings. The van der Waals surface area contributed by atoms with Gasteiger partial charge in [0.15, 0.2) is 11.6 Å². The first-order valence-corrected chi connectivity index (χ1v) is 15.4. The molecule has 3 aromatic rings. The van der Waals surface area contributed by atoms with E-state index in [4.69, 9.17) is 18.9 Å². The minimum absolute atomic E-state index is 0.00738. The van der Waals surface area contributed by atoms with Gasteiger partial charge in [-0.25, -0.2) is 9.18 Å². The molecule has 52 heavy (non-hydrogen) atoms. The van der Waals surface area contributed by atoms with Crippen LogP contribution in [0.4, 0.5) is 48.7 Å². The van der Waals surface area contributed by atoms with Gasteiger partial charge < -0.3 is 18.9 Å². The van der Waals surface area contributed by atoms with Crippen molar-refractivity contribution in [2.45, 2.75) is 63.9 Å². The Kier molecular flexibility index (Phi) is 11.9. The van der Waals surface area contributed by atoms with Crippen molar-refractivity contribution in [1.29, 1.82) is 0 Å². The predicted molar refractivity (Wildman–Crippen MR) is 162 cm³/mol. The Morgan fingerprint density at radius 2 is 1.46 bits per heavy atom. The number of amides is 1. The van der Waals surface area contributed by atoms with Gasteiger partial charge in [-0.15, -0.1) is 0 Å². The number of ether oxygens (including phenoxy) is 4. The lowest BCUT2D eigenvalue weighted by molar-refractivity contribution is -0.144. The maximum Gasteiger partial charge on any atom is 0.416 e. The summed E-state index contributed by atoms with van der Waals surface area (Å²) in [6.07, 6.45) is -17.9. The fraction of sp³-hybridized carbons (Fsp3) is 0.371. The van der Waals surface area contributed by atoms with Gasteiger partial charge in [-0.05, 0) is 67.8 Å². The highest BCUT2D eigenvalue weighted by atomic mass is 19.4. The molecule has 0 N–H and O–H groups in total. The molecule has 280 valence electrons. The minimum atomic E-state index is -5.18. The molecule has 0 aliphatic carbocycles. The van der Waals surface area contributed by atoms with Crippen molar-refractivity contribution < 1.29 is 72.4 Å². The summed E-state index contributed by atoms with van der Waals surface area (Å²) in [5, 5.41) is 0. The quantitative estimate of drug-likeness (QED) is 0.0892. The highest BCUT2D eigenvalue weighted by Crippen LogP contribution is 2.41. The van der Waals surface area contributed by atoms with E-state index in [1.54, 1.807) is 6.92 Å². The number of benzene rings is 3. The molecule has 0 saturated carbocycles. The van der Waals surface area contributed by atoms with Gasteiger partial charge in [-0.3, -0.25) is 9.69 Å². The summed E-state index contributed by atoms with van der Waals surface area (Å²) in [6.45, 7) is 2.34. The fourth-order valence-corrected chi connectivity index (χ4v) is 5.19. The molecular weight excluding hydrogens is 720 g/mol. The third kappa shape index (κ3) is 9.59. The van der Waals surface area contributed by atoms with Gasteiger partial charge in [0, 0.05) is 24.1 Å². The van der Waals surface area contributed by atoms with Gasteiger partial charge in [-0.2, -0.15) is 39.5 Å². The minimum Gasteiger partial charge on any atom is -0.495 e. The summed E-state index contributed by atoms with van der Waals surface area (Å²) < 4.78 is 158. The second-order valence-electron chi connectivity index (χ2n) is 11.4. The summed E-state index contributed by atoms with van der Waals surface area (Å²) in [7, 11) is 1.21. The monoisotopic (exact) mass is 749 g/mol. The zero-order valence-corrected chi connectivity index (χ0v) is 27.5. The highest BCUT2D eigenvalue weighted by Gasteiger charge is 2.43. The van der Waals surface area contributed by atoms with E-state index in [2.05, 4.69) is 11.8 Å². The summed E-state index contributed by atoms with van der Waals surface area (Å²) >= 11 is 0. The molecule has 0 radical (unpaired) electrons. The van der Waals surface area contributed by atoms with Crippen LogP contribution in [-0.4, -0.2) is 43.3 Å². The molecular formula is C35H29F10NO6. The number of esters is 1. The molecule has 1 amide bonds. The smallest absolute Gasteiger partial charge is 0.416 e. The Balaban J connectivity index is 1.67. The lowest BCUT2D eigenvalue weighted by atomic mass is 9.97. The maximum absolute atomic E-state index is 14.7. The highest BCUT2D eigenvalue weighted by molar-refractivity contribution is 5.71. The summed E-state index contributed by atoms with van der Waals surface area (Å²) in [5.74, 6) is 3.67. The Morgan fingerprint density at radius 1 is 0.846 bits per heavy atom. The van der Waals surface area contributed by atoms with E-state index in [-0.39, 0.29) is 60.3 Å². The number of halogens is 10. The molecule has 0 spiro atoms. The van der Waals surface area contributed by atoms with E-state index in [0.717, 1.165) is 17.0 Å². The van der Waals surface area contributed by atoms with E-state index in [1.807, 2.05) is 0 Å². The van der Waals surface area contributed by atoms with E-state index >= 15 is 0 Å². The molecule has 17 heteroatoms. The van der Waals surface area contributed by atoms with Crippen LogP contribution in [0.5, 0.6) is 11.5 Å². The largest absolute Gasteiger partial charge is 0.495 e. The summed E-state index contributed by atoms with van der Waals surface area (Å²) in [4.78, 5) is 25.3. The second-order valence-corrected chi connectivity index (χ2v) is 11.4. The molecule has 3 aromatic carbocycles. The van der Waals surface area contributed by atoms with Crippen molar-refractivity contribution in [3.05, 3.63) is 93.3 Å². The normalized spacial score (nSPS) is 16.2. The predicted octanol–water partition coefficient (Wildman–Crippen LogP) is 9.09. The third-order valence-corrected chi connectivity index (χ3v) is 7.78. The van der Waals surface area contributed by atoms with Crippen LogP contribution in [0.3, 0.4) is 0 Å². The van der Waals surface area contributed by atoms with Gasteiger partial charge in [0.05, 0.1) is 55.2 Å². The molecule has 0 bridgehead atoms. The number of cyclic esters (lactones) is 1. The Hall–Kier alpha value is -5.14. The summed E-state index contributed by atoms with van der Waals surface area (Å²) in [6, 6.07) is 3.99.